The molecule has 0 aliphatic heterocycles. The molecule has 2 aromatic carbocycles. The molecule has 0 radical (unpaired) electrons. The van der Waals surface area contributed by atoms with Gasteiger partial charge in [-0.05, 0) is 55.7 Å². The lowest BCUT2D eigenvalue weighted by Crippen LogP contribution is -2.31. The zero-order valence-electron chi connectivity index (χ0n) is 14.9. The highest BCUT2D eigenvalue weighted by Crippen LogP contribution is 2.20. The van der Waals surface area contributed by atoms with Crippen LogP contribution in [0.3, 0.4) is 0 Å². The highest BCUT2D eigenvalue weighted by atomic mass is 32.1. The number of aryl methyl sites for hydroxylation is 2. The first-order chi connectivity index (χ1) is 12.4. The first-order valence-electron chi connectivity index (χ1n) is 8.31. The van der Waals surface area contributed by atoms with E-state index in [9.17, 15) is 9.59 Å². The van der Waals surface area contributed by atoms with Crippen molar-refractivity contribution in [1.82, 2.24) is 10.3 Å². The third kappa shape index (κ3) is 4.08. The maximum absolute atomic E-state index is 12.1. The molecule has 0 fully saturated rings. The quantitative estimate of drug-likeness (QED) is 0.693. The molecular weight excluding hydrogens is 348 g/mol. The van der Waals surface area contributed by atoms with Gasteiger partial charge in [-0.1, -0.05) is 18.2 Å². The van der Waals surface area contributed by atoms with Gasteiger partial charge in [-0.15, -0.1) is 11.3 Å². The minimum atomic E-state index is -0.519. The fourth-order valence-corrected chi connectivity index (χ4v) is 3.31. The molecule has 6 heteroatoms. The SMILES string of the molecule is Cc1ccc([C@H](C)NC(=O)COC(=O)c2ccc3ncsc3c2)cc1C. The number of carbonyl (C=O) groups is 2. The number of rotatable bonds is 5. The monoisotopic (exact) mass is 368 g/mol. The minimum absolute atomic E-state index is 0.158. The molecule has 3 rings (SSSR count). The predicted molar refractivity (Wildman–Crippen MR) is 102 cm³/mol. The van der Waals surface area contributed by atoms with E-state index in [1.54, 1.807) is 23.7 Å². The van der Waals surface area contributed by atoms with Gasteiger partial charge in [-0.25, -0.2) is 9.78 Å². The standard InChI is InChI=1S/C20H20N2O3S/c1-12-4-5-15(8-13(12)2)14(3)22-19(23)10-25-20(24)16-6-7-17-18(9-16)26-11-21-17/h4-9,11,14H,10H2,1-3H3,(H,22,23)/t14-/m0/s1. The number of nitrogens with one attached hydrogen (secondary N) is 1. The predicted octanol–water partition coefficient (Wildman–Crippen LogP) is 3.95. The molecule has 0 saturated heterocycles. The van der Waals surface area contributed by atoms with Gasteiger partial charge >= 0.3 is 5.97 Å². The summed E-state index contributed by atoms with van der Waals surface area (Å²) in [7, 11) is 0. The number of aromatic nitrogens is 1. The second kappa shape index (κ2) is 7.66. The highest BCUT2D eigenvalue weighted by Gasteiger charge is 2.14. The number of fused-ring (bicyclic) bond motifs is 1. The minimum Gasteiger partial charge on any atom is -0.452 e. The van der Waals surface area contributed by atoms with Crippen molar-refractivity contribution in [3.8, 4) is 0 Å². The summed E-state index contributed by atoms with van der Waals surface area (Å²) in [6.07, 6.45) is 0. The van der Waals surface area contributed by atoms with Crippen LogP contribution in [0.5, 0.6) is 0 Å². The Kier molecular flexibility index (Phi) is 5.32. The Morgan fingerprint density at radius 2 is 1.96 bits per heavy atom. The van der Waals surface area contributed by atoms with Crippen LogP contribution < -0.4 is 5.32 Å². The fraction of sp³-hybridized carbons (Fsp3) is 0.250. The lowest BCUT2D eigenvalue weighted by atomic mass is 10.0. The normalized spacial score (nSPS) is 12.0. The fourth-order valence-electron chi connectivity index (χ4n) is 2.60. The van der Waals surface area contributed by atoms with Gasteiger partial charge in [0.2, 0.25) is 0 Å². The lowest BCUT2D eigenvalue weighted by molar-refractivity contribution is -0.124. The van der Waals surface area contributed by atoms with Crippen molar-refractivity contribution in [2.24, 2.45) is 0 Å². The van der Waals surface area contributed by atoms with Crippen molar-refractivity contribution in [3.63, 3.8) is 0 Å². The van der Waals surface area contributed by atoms with Gasteiger partial charge in [0.15, 0.2) is 6.61 Å². The summed E-state index contributed by atoms with van der Waals surface area (Å²) in [5.41, 5.74) is 6.38. The Labute approximate surface area is 156 Å². The maximum atomic E-state index is 12.1. The summed E-state index contributed by atoms with van der Waals surface area (Å²) in [4.78, 5) is 28.4. The highest BCUT2D eigenvalue weighted by molar-refractivity contribution is 7.16. The van der Waals surface area contributed by atoms with E-state index >= 15 is 0 Å². The molecule has 1 amide bonds. The van der Waals surface area contributed by atoms with Crippen molar-refractivity contribution in [2.45, 2.75) is 26.8 Å². The topological polar surface area (TPSA) is 68.3 Å². The number of nitrogens with zero attached hydrogens (tertiary/aromatic N) is 1. The Balaban J connectivity index is 1.55. The van der Waals surface area contributed by atoms with Gasteiger partial charge in [0.1, 0.15) is 0 Å². The van der Waals surface area contributed by atoms with Crippen LogP contribution in [0.2, 0.25) is 0 Å². The van der Waals surface area contributed by atoms with E-state index in [4.69, 9.17) is 4.74 Å². The average Bonchev–Trinajstić information content (AvgIpc) is 3.09. The molecule has 26 heavy (non-hydrogen) atoms. The number of amides is 1. The first kappa shape index (κ1) is 18.1. The molecule has 0 bridgehead atoms. The number of ether oxygens (including phenoxy) is 1. The van der Waals surface area contributed by atoms with E-state index in [0.29, 0.717) is 5.56 Å². The Morgan fingerprint density at radius 1 is 1.15 bits per heavy atom. The van der Waals surface area contributed by atoms with Crippen molar-refractivity contribution < 1.29 is 14.3 Å². The number of thiazole rings is 1. The second-order valence-electron chi connectivity index (χ2n) is 6.24. The molecule has 1 atom stereocenters. The summed E-state index contributed by atoms with van der Waals surface area (Å²) in [6, 6.07) is 11.1. The maximum Gasteiger partial charge on any atom is 0.338 e. The molecule has 0 spiro atoms. The van der Waals surface area contributed by atoms with E-state index in [1.807, 2.05) is 32.9 Å². The van der Waals surface area contributed by atoms with Gasteiger partial charge in [0, 0.05) is 0 Å². The third-order valence-corrected chi connectivity index (χ3v) is 5.10. The zero-order valence-corrected chi connectivity index (χ0v) is 15.7. The van der Waals surface area contributed by atoms with Crippen molar-refractivity contribution in [1.29, 1.82) is 0 Å². The summed E-state index contributed by atoms with van der Waals surface area (Å²) in [5, 5.41) is 2.85. The molecule has 1 aromatic heterocycles. The molecule has 3 aromatic rings. The summed E-state index contributed by atoms with van der Waals surface area (Å²) in [5.74, 6) is -0.850. The third-order valence-electron chi connectivity index (χ3n) is 4.31. The van der Waals surface area contributed by atoms with Crippen LogP contribution in [0.1, 0.15) is 40.0 Å². The molecule has 5 nitrogen and oxygen atoms in total. The number of hydrogen-bond acceptors (Lipinski definition) is 5. The molecular formula is C20H20N2O3S. The van der Waals surface area contributed by atoms with Gasteiger partial charge in [0.25, 0.3) is 5.91 Å². The van der Waals surface area contributed by atoms with Crippen LogP contribution in [0, 0.1) is 13.8 Å². The van der Waals surface area contributed by atoms with Crippen LogP contribution in [0.4, 0.5) is 0 Å². The van der Waals surface area contributed by atoms with E-state index in [-0.39, 0.29) is 18.6 Å². The van der Waals surface area contributed by atoms with Crippen molar-refractivity contribution in [3.05, 3.63) is 64.2 Å². The smallest absolute Gasteiger partial charge is 0.338 e. The Bertz CT molecular complexity index is 965. The number of benzene rings is 2. The lowest BCUT2D eigenvalue weighted by Gasteiger charge is -2.15. The summed E-state index contributed by atoms with van der Waals surface area (Å²) >= 11 is 1.45. The van der Waals surface area contributed by atoms with Crippen molar-refractivity contribution in [2.75, 3.05) is 6.61 Å². The van der Waals surface area contributed by atoms with E-state index in [2.05, 4.69) is 16.4 Å². The zero-order chi connectivity index (χ0) is 18.7. The Hall–Kier alpha value is -2.73. The average molecular weight is 368 g/mol. The molecule has 0 unspecified atom stereocenters. The van der Waals surface area contributed by atoms with Gasteiger partial charge in [0.05, 0.1) is 27.3 Å². The molecule has 1 N–H and O–H groups in total. The number of carbonyl (C=O) groups excluding carboxylic acids is 2. The van der Waals surface area contributed by atoms with E-state index < -0.39 is 5.97 Å². The molecule has 134 valence electrons. The second-order valence-corrected chi connectivity index (χ2v) is 7.13. The summed E-state index contributed by atoms with van der Waals surface area (Å²) < 4.78 is 6.04. The van der Waals surface area contributed by atoms with Crippen LogP contribution in [0.25, 0.3) is 10.2 Å². The molecule has 0 aliphatic carbocycles. The van der Waals surface area contributed by atoms with Crippen LogP contribution in [-0.4, -0.2) is 23.5 Å². The van der Waals surface area contributed by atoms with Crippen LogP contribution in [-0.2, 0) is 9.53 Å². The number of esters is 1. The van der Waals surface area contributed by atoms with E-state index in [0.717, 1.165) is 15.8 Å². The van der Waals surface area contributed by atoms with Crippen LogP contribution >= 0.6 is 11.3 Å². The van der Waals surface area contributed by atoms with Crippen LogP contribution in [0.15, 0.2) is 41.9 Å². The summed E-state index contributed by atoms with van der Waals surface area (Å²) in [6.45, 7) is 5.68. The van der Waals surface area contributed by atoms with Crippen molar-refractivity contribution >= 4 is 33.4 Å². The van der Waals surface area contributed by atoms with E-state index in [1.165, 1.54) is 22.5 Å². The van der Waals surface area contributed by atoms with Gasteiger partial charge < -0.3 is 10.1 Å². The largest absolute Gasteiger partial charge is 0.452 e. The molecule has 1 heterocycles. The first-order valence-corrected chi connectivity index (χ1v) is 9.19. The number of hydrogen-bond donors (Lipinski definition) is 1. The van der Waals surface area contributed by atoms with Gasteiger partial charge in [-0.2, -0.15) is 0 Å². The molecule has 0 aliphatic rings. The van der Waals surface area contributed by atoms with Gasteiger partial charge in [-0.3, -0.25) is 4.79 Å². The Morgan fingerprint density at radius 3 is 2.73 bits per heavy atom. The molecule has 0 saturated carbocycles.